The third-order valence-electron chi connectivity index (χ3n) is 5.08. The smallest absolute Gasteiger partial charge is 0.280 e. The molecule has 4 aromatic rings. The third kappa shape index (κ3) is 3.57. The molecule has 0 radical (unpaired) electrons. The molecule has 0 aliphatic rings. The van der Waals surface area contributed by atoms with E-state index < -0.39 is 0 Å². The lowest BCUT2D eigenvalue weighted by molar-refractivity contribution is -0.116. The first kappa shape index (κ1) is 19.4. The number of methoxy groups -OCH3 is 1. The first-order valence-electron chi connectivity index (χ1n) is 9.56. The Morgan fingerprint density at radius 2 is 1.90 bits per heavy atom. The van der Waals surface area contributed by atoms with Crippen LogP contribution in [0.2, 0.25) is 0 Å². The summed E-state index contributed by atoms with van der Waals surface area (Å²) in [6.45, 7) is 3.94. The Morgan fingerprint density at radius 1 is 1.07 bits per heavy atom. The van der Waals surface area contributed by atoms with Crippen molar-refractivity contribution in [3.05, 3.63) is 82.3 Å². The number of anilines is 1. The van der Waals surface area contributed by atoms with E-state index >= 15 is 0 Å². The third-order valence-corrected chi connectivity index (χ3v) is 5.08. The molecule has 2 heterocycles. The number of fused-ring (bicyclic) bond motifs is 1. The van der Waals surface area contributed by atoms with Crippen molar-refractivity contribution >= 4 is 22.6 Å². The highest BCUT2D eigenvalue weighted by molar-refractivity contribution is 5.91. The highest BCUT2D eigenvalue weighted by atomic mass is 16.5. The van der Waals surface area contributed by atoms with Crippen LogP contribution in [0.25, 0.3) is 16.7 Å². The van der Waals surface area contributed by atoms with Crippen molar-refractivity contribution in [1.29, 1.82) is 0 Å². The maximum atomic E-state index is 13.1. The molecule has 2 aromatic heterocycles. The number of carbonyl (C=O) groups is 1. The van der Waals surface area contributed by atoms with Gasteiger partial charge in [-0.3, -0.25) is 14.3 Å². The molecule has 1 amide bonds. The molecule has 0 bridgehead atoms. The summed E-state index contributed by atoms with van der Waals surface area (Å²) in [7, 11) is 1.57. The standard InChI is InChI=1S/C23H22N4O3/c1-15-9-10-18(12-16(15)2)27-23(29)20-8-5-11-24-22(20)26(27)14-21(28)25-17-6-4-7-19(13-17)30-3/h4-13H,14H2,1-3H3,(H,25,28). The minimum absolute atomic E-state index is 0.0696. The molecular formula is C23H22N4O3. The van der Waals surface area contributed by atoms with Gasteiger partial charge in [-0.15, -0.1) is 0 Å². The number of hydrogen-bond acceptors (Lipinski definition) is 4. The predicted octanol–water partition coefficient (Wildman–Crippen LogP) is 3.45. The number of pyridine rings is 1. The average Bonchev–Trinajstić information content (AvgIpc) is 3.02. The van der Waals surface area contributed by atoms with Crippen LogP contribution < -0.4 is 15.6 Å². The monoisotopic (exact) mass is 402 g/mol. The van der Waals surface area contributed by atoms with Crippen LogP contribution >= 0.6 is 0 Å². The van der Waals surface area contributed by atoms with Crippen molar-refractivity contribution in [2.75, 3.05) is 12.4 Å². The van der Waals surface area contributed by atoms with E-state index in [-0.39, 0.29) is 18.0 Å². The second-order valence-electron chi connectivity index (χ2n) is 7.10. The second kappa shape index (κ2) is 7.87. The largest absolute Gasteiger partial charge is 0.497 e. The van der Waals surface area contributed by atoms with Gasteiger partial charge in [0.2, 0.25) is 5.91 Å². The van der Waals surface area contributed by atoms with Gasteiger partial charge in [0.05, 0.1) is 18.2 Å². The normalized spacial score (nSPS) is 10.9. The van der Waals surface area contributed by atoms with Crippen molar-refractivity contribution in [3.63, 3.8) is 0 Å². The number of carbonyl (C=O) groups excluding carboxylic acids is 1. The number of amides is 1. The van der Waals surface area contributed by atoms with Crippen molar-refractivity contribution in [2.45, 2.75) is 20.4 Å². The molecule has 7 nitrogen and oxygen atoms in total. The highest BCUT2D eigenvalue weighted by Crippen LogP contribution is 2.19. The average molecular weight is 402 g/mol. The van der Waals surface area contributed by atoms with Gasteiger partial charge in [-0.05, 0) is 61.4 Å². The second-order valence-corrected chi connectivity index (χ2v) is 7.10. The quantitative estimate of drug-likeness (QED) is 0.555. The molecule has 0 atom stereocenters. The van der Waals surface area contributed by atoms with Crippen molar-refractivity contribution < 1.29 is 9.53 Å². The van der Waals surface area contributed by atoms with Gasteiger partial charge < -0.3 is 10.1 Å². The Morgan fingerprint density at radius 3 is 2.67 bits per heavy atom. The number of benzene rings is 2. The molecule has 0 unspecified atom stereocenters. The van der Waals surface area contributed by atoms with E-state index in [1.165, 1.54) is 4.68 Å². The maximum absolute atomic E-state index is 13.1. The molecule has 0 saturated heterocycles. The fraction of sp³-hybridized carbons (Fsp3) is 0.174. The molecular weight excluding hydrogens is 380 g/mol. The number of nitrogens with one attached hydrogen (secondary N) is 1. The van der Waals surface area contributed by atoms with Gasteiger partial charge in [-0.1, -0.05) is 12.1 Å². The summed E-state index contributed by atoms with van der Waals surface area (Å²) in [5, 5.41) is 3.32. The Bertz CT molecular complexity index is 1300. The van der Waals surface area contributed by atoms with E-state index in [1.807, 2.05) is 32.0 Å². The number of aromatic nitrogens is 3. The molecule has 4 rings (SSSR count). The van der Waals surface area contributed by atoms with Crippen LogP contribution in [0.1, 0.15) is 11.1 Å². The van der Waals surface area contributed by atoms with Crippen LogP contribution in [0.15, 0.2) is 65.6 Å². The lowest BCUT2D eigenvalue weighted by Crippen LogP contribution is -2.27. The zero-order chi connectivity index (χ0) is 21.3. The molecule has 30 heavy (non-hydrogen) atoms. The maximum Gasteiger partial charge on any atom is 0.280 e. The number of rotatable bonds is 5. The molecule has 0 spiro atoms. The summed E-state index contributed by atoms with van der Waals surface area (Å²) in [5.41, 5.74) is 3.74. The van der Waals surface area contributed by atoms with E-state index in [1.54, 1.807) is 54.4 Å². The van der Waals surface area contributed by atoms with Gasteiger partial charge >= 0.3 is 0 Å². The molecule has 7 heteroatoms. The van der Waals surface area contributed by atoms with Crippen molar-refractivity contribution in [2.24, 2.45) is 0 Å². The van der Waals surface area contributed by atoms with E-state index in [4.69, 9.17) is 4.74 Å². The lowest BCUT2D eigenvalue weighted by atomic mass is 10.1. The summed E-state index contributed by atoms with van der Waals surface area (Å²) in [4.78, 5) is 30.3. The van der Waals surface area contributed by atoms with Gasteiger partial charge in [0.15, 0.2) is 5.65 Å². The Labute approximate surface area is 173 Å². The fourth-order valence-corrected chi connectivity index (χ4v) is 3.38. The number of aryl methyl sites for hydroxylation is 2. The Balaban J connectivity index is 1.76. The molecule has 0 aliphatic heterocycles. The Kier molecular flexibility index (Phi) is 5.10. The molecule has 152 valence electrons. The first-order chi connectivity index (χ1) is 14.5. The van der Waals surface area contributed by atoms with Crippen LogP contribution in [0.4, 0.5) is 5.69 Å². The van der Waals surface area contributed by atoms with Gasteiger partial charge in [0.1, 0.15) is 12.3 Å². The number of nitrogens with zero attached hydrogens (tertiary/aromatic N) is 3. The van der Waals surface area contributed by atoms with Crippen LogP contribution in [0, 0.1) is 13.8 Å². The summed E-state index contributed by atoms with van der Waals surface area (Å²) < 4.78 is 8.32. The zero-order valence-corrected chi connectivity index (χ0v) is 17.0. The van der Waals surface area contributed by atoms with E-state index in [2.05, 4.69) is 10.3 Å². The first-order valence-corrected chi connectivity index (χ1v) is 9.56. The van der Waals surface area contributed by atoms with Gasteiger partial charge in [0, 0.05) is 18.0 Å². The van der Waals surface area contributed by atoms with Crippen LogP contribution in [-0.4, -0.2) is 27.4 Å². The van der Waals surface area contributed by atoms with E-state index in [0.29, 0.717) is 28.2 Å². The summed E-state index contributed by atoms with van der Waals surface area (Å²) in [5.74, 6) is 0.372. The van der Waals surface area contributed by atoms with E-state index in [0.717, 1.165) is 11.1 Å². The Hall–Kier alpha value is -3.87. The van der Waals surface area contributed by atoms with Crippen molar-refractivity contribution in [1.82, 2.24) is 14.3 Å². The van der Waals surface area contributed by atoms with Gasteiger partial charge in [-0.25, -0.2) is 9.67 Å². The SMILES string of the molecule is COc1cccc(NC(=O)Cn2c3ncccc3c(=O)n2-c2ccc(C)c(C)c2)c1. The lowest BCUT2D eigenvalue weighted by Gasteiger charge is -2.14. The van der Waals surface area contributed by atoms with Gasteiger partial charge in [-0.2, -0.15) is 0 Å². The molecule has 0 fully saturated rings. The number of ether oxygens (including phenoxy) is 1. The minimum Gasteiger partial charge on any atom is -0.497 e. The highest BCUT2D eigenvalue weighted by Gasteiger charge is 2.18. The zero-order valence-electron chi connectivity index (χ0n) is 17.0. The van der Waals surface area contributed by atoms with Crippen LogP contribution in [0.3, 0.4) is 0 Å². The number of hydrogen-bond donors (Lipinski definition) is 1. The van der Waals surface area contributed by atoms with Crippen molar-refractivity contribution in [3.8, 4) is 11.4 Å². The molecule has 2 aromatic carbocycles. The van der Waals surface area contributed by atoms with E-state index in [9.17, 15) is 9.59 Å². The predicted molar refractivity (Wildman–Crippen MR) is 116 cm³/mol. The summed E-state index contributed by atoms with van der Waals surface area (Å²) in [6.07, 6.45) is 1.61. The molecule has 0 saturated carbocycles. The van der Waals surface area contributed by atoms with Crippen LogP contribution in [-0.2, 0) is 11.3 Å². The summed E-state index contributed by atoms with van der Waals surface area (Å²) >= 11 is 0. The molecule has 0 aliphatic carbocycles. The van der Waals surface area contributed by atoms with Gasteiger partial charge in [0.25, 0.3) is 5.56 Å². The summed E-state index contributed by atoms with van der Waals surface area (Å²) in [6, 6.07) is 16.3. The molecule has 1 N–H and O–H groups in total. The minimum atomic E-state index is -0.275. The topological polar surface area (TPSA) is 78.2 Å². The van der Waals surface area contributed by atoms with Crippen LogP contribution in [0.5, 0.6) is 5.75 Å². The fourth-order valence-electron chi connectivity index (χ4n) is 3.38.